The molecule has 1 unspecified atom stereocenters. The SMILES string of the molecule is CCOC(=O)C1=C(C(=O)OC)OC=C2C(=O)c3ccccc3OC21. The van der Waals surface area contributed by atoms with Gasteiger partial charge in [-0.3, -0.25) is 4.79 Å². The summed E-state index contributed by atoms with van der Waals surface area (Å²) in [6.07, 6.45) is 0.0204. The lowest BCUT2D eigenvalue weighted by Gasteiger charge is -2.31. The summed E-state index contributed by atoms with van der Waals surface area (Å²) in [4.78, 5) is 36.8. The van der Waals surface area contributed by atoms with Crippen LogP contribution in [0.4, 0.5) is 0 Å². The van der Waals surface area contributed by atoms with Gasteiger partial charge in [0.15, 0.2) is 11.9 Å². The first-order chi connectivity index (χ1) is 11.6. The van der Waals surface area contributed by atoms with Gasteiger partial charge in [0.1, 0.15) is 17.6 Å². The number of hydrogen-bond donors (Lipinski definition) is 0. The average molecular weight is 330 g/mol. The van der Waals surface area contributed by atoms with Gasteiger partial charge in [0.25, 0.3) is 0 Å². The van der Waals surface area contributed by atoms with Gasteiger partial charge in [0.2, 0.25) is 5.76 Å². The van der Waals surface area contributed by atoms with Gasteiger partial charge in [0.05, 0.1) is 24.9 Å². The Balaban J connectivity index is 2.11. The summed E-state index contributed by atoms with van der Waals surface area (Å²) in [6.45, 7) is 1.71. The van der Waals surface area contributed by atoms with Gasteiger partial charge in [-0.1, -0.05) is 12.1 Å². The van der Waals surface area contributed by atoms with Crippen LogP contribution in [0.5, 0.6) is 5.75 Å². The van der Waals surface area contributed by atoms with Crippen LogP contribution in [-0.2, 0) is 23.8 Å². The molecule has 3 rings (SSSR count). The molecule has 2 aliphatic rings. The highest BCUT2D eigenvalue weighted by Crippen LogP contribution is 2.37. The molecule has 0 bridgehead atoms. The largest absolute Gasteiger partial charge is 0.480 e. The van der Waals surface area contributed by atoms with Crippen molar-refractivity contribution in [3.8, 4) is 5.75 Å². The number of ether oxygens (including phenoxy) is 4. The van der Waals surface area contributed by atoms with E-state index in [9.17, 15) is 14.4 Å². The van der Waals surface area contributed by atoms with E-state index in [4.69, 9.17) is 14.2 Å². The number of carbonyl (C=O) groups excluding carboxylic acids is 3. The third kappa shape index (κ3) is 2.44. The molecular formula is C17H14O7. The highest BCUT2D eigenvalue weighted by atomic mass is 16.6. The molecule has 7 heteroatoms. The Morgan fingerprint density at radius 2 is 1.96 bits per heavy atom. The first-order valence-corrected chi connectivity index (χ1v) is 7.25. The molecule has 0 radical (unpaired) electrons. The van der Waals surface area contributed by atoms with E-state index in [0.717, 1.165) is 13.4 Å². The van der Waals surface area contributed by atoms with E-state index >= 15 is 0 Å². The number of fused-ring (bicyclic) bond motifs is 2. The van der Waals surface area contributed by atoms with Gasteiger partial charge < -0.3 is 18.9 Å². The lowest BCUT2D eigenvalue weighted by atomic mass is 9.90. The maximum atomic E-state index is 12.6. The Kier molecular flexibility index (Phi) is 4.07. The molecule has 0 amide bonds. The van der Waals surface area contributed by atoms with Crippen molar-refractivity contribution in [3.05, 3.63) is 53.0 Å². The van der Waals surface area contributed by atoms with Crippen LogP contribution in [0.25, 0.3) is 0 Å². The number of carbonyl (C=O) groups is 3. The smallest absolute Gasteiger partial charge is 0.374 e. The Morgan fingerprint density at radius 1 is 1.21 bits per heavy atom. The predicted molar refractivity (Wildman–Crippen MR) is 80.0 cm³/mol. The molecule has 0 spiro atoms. The fourth-order valence-corrected chi connectivity index (χ4v) is 2.52. The zero-order valence-electron chi connectivity index (χ0n) is 13.0. The lowest BCUT2D eigenvalue weighted by molar-refractivity contribution is -0.144. The van der Waals surface area contributed by atoms with Crippen molar-refractivity contribution in [3.63, 3.8) is 0 Å². The van der Waals surface area contributed by atoms with E-state index in [2.05, 4.69) is 4.74 Å². The van der Waals surface area contributed by atoms with E-state index in [0.29, 0.717) is 11.3 Å². The van der Waals surface area contributed by atoms with Crippen LogP contribution in [0, 0.1) is 0 Å². The Morgan fingerprint density at radius 3 is 2.67 bits per heavy atom. The van der Waals surface area contributed by atoms with Crippen molar-refractivity contribution in [2.45, 2.75) is 13.0 Å². The Labute approximate surface area is 137 Å². The number of methoxy groups -OCH3 is 1. The zero-order chi connectivity index (χ0) is 17.3. The molecule has 0 saturated carbocycles. The third-order valence-electron chi connectivity index (χ3n) is 3.60. The molecule has 1 aromatic carbocycles. The van der Waals surface area contributed by atoms with Gasteiger partial charge in [-0.2, -0.15) is 0 Å². The molecule has 24 heavy (non-hydrogen) atoms. The minimum absolute atomic E-state index is 0.0904. The number of esters is 2. The molecular weight excluding hydrogens is 316 g/mol. The molecule has 0 N–H and O–H groups in total. The first-order valence-electron chi connectivity index (χ1n) is 7.25. The molecule has 7 nitrogen and oxygen atoms in total. The maximum Gasteiger partial charge on any atom is 0.374 e. The van der Waals surface area contributed by atoms with Crippen LogP contribution >= 0.6 is 0 Å². The molecule has 0 fully saturated rings. The predicted octanol–water partition coefficient (Wildman–Crippen LogP) is 1.53. The second-order valence-electron chi connectivity index (χ2n) is 4.97. The van der Waals surface area contributed by atoms with Gasteiger partial charge in [-0.15, -0.1) is 0 Å². The van der Waals surface area contributed by atoms with Crippen LogP contribution in [0.15, 0.2) is 47.4 Å². The van der Waals surface area contributed by atoms with Crippen LogP contribution in [0.3, 0.4) is 0 Å². The second-order valence-corrected chi connectivity index (χ2v) is 4.97. The second kappa shape index (κ2) is 6.19. The van der Waals surface area contributed by atoms with Crippen molar-refractivity contribution in [1.29, 1.82) is 0 Å². The number of hydrogen-bond acceptors (Lipinski definition) is 7. The normalized spacial score (nSPS) is 18.5. The number of ketones is 1. The van der Waals surface area contributed by atoms with Crippen molar-refractivity contribution < 1.29 is 33.3 Å². The number of rotatable bonds is 3. The summed E-state index contributed by atoms with van der Waals surface area (Å²) in [6, 6.07) is 6.63. The summed E-state index contributed by atoms with van der Waals surface area (Å²) in [5.41, 5.74) is 0.279. The topological polar surface area (TPSA) is 88.1 Å². The Bertz CT molecular complexity index is 788. The van der Waals surface area contributed by atoms with Crippen LogP contribution in [-0.4, -0.2) is 37.5 Å². The van der Waals surface area contributed by atoms with Crippen LogP contribution in [0.2, 0.25) is 0 Å². The number of Topliss-reactive ketones (excluding diaryl/α,β-unsaturated/α-hetero) is 1. The van der Waals surface area contributed by atoms with Gasteiger partial charge >= 0.3 is 11.9 Å². The molecule has 0 aliphatic carbocycles. The summed E-state index contributed by atoms with van der Waals surface area (Å²) < 4.78 is 20.6. The van der Waals surface area contributed by atoms with Gasteiger partial charge in [-0.05, 0) is 19.1 Å². The fraction of sp³-hybridized carbons (Fsp3) is 0.235. The fourth-order valence-electron chi connectivity index (χ4n) is 2.52. The van der Waals surface area contributed by atoms with Crippen molar-refractivity contribution in [1.82, 2.24) is 0 Å². The van der Waals surface area contributed by atoms with E-state index in [1.807, 2.05) is 0 Å². The van der Waals surface area contributed by atoms with E-state index < -0.39 is 18.0 Å². The highest BCUT2D eigenvalue weighted by molar-refractivity contribution is 6.14. The van der Waals surface area contributed by atoms with E-state index in [-0.39, 0.29) is 29.3 Å². The maximum absolute atomic E-state index is 12.6. The molecule has 0 saturated heterocycles. The van der Waals surface area contributed by atoms with Gasteiger partial charge in [-0.25, -0.2) is 9.59 Å². The zero-order valence-corrected chi connectivity index (χ0v) is 13.0. The van der Waals surface area contributed by atoms with Crippen molar-refractivity contribution in [2.75, 3.05) is 13.7 Å². The van der Waals surface area contributed by atoms with Crippen LogP contribution < -0.4 is 4.74 Å². The Hall–Kier alpha value is -3.09. The molecule has 1 atom stereocenters. The van der Waals surface area contributed by atoms with E-state index in [1.54, 1.807) is 31.2 Å². The number of benzene rings is 1. The standard InChI is InChI=1S/C17H14O7/c1-3-22-16(19)12-14-10(8-23-15(12)17(20)21-2)13(18)9-6-4-5-7-11(9)24-14/h4-8,14H,3H2,1-2H3. The summed E-state index contributed by atoms with van der Waals surface area (Å²) in [5.74, 6) is -2.04. The molecule has 0 aromatic heterocycles. The summed E-state index contributed by atoms with van der Waals surface area (Å²) in [5, 5.41) is 0. The molecule has 2 heterocycles. The third-order valence-corrected chi connectivity index (χ3v) is 3.60. The average Bonchev–Trinajstić information content (AvgIpc) is 2.60. The van der Waals surface area contributed by atoms with E-state index in [1.165, 1.54) is 0 Å². The monoisotopic (exact) mass is 330 g/mol. The lowest BCUT2D eigenvalue weighted by Crippen LogP contribution is -2.39. The minimum atomic E-state index is -1.09. The minimum Gasteiger partial charge on any atom is -0.480 e. The summed E-state index contributed by atoms with van der Waals surface area (Å²) in [7, 11) is 1.16. The highest BCUT2D eigenvalue weighted by Gasteiger charge is 2.44. The number of para-hydroxylation sites is 1. The molecule has 2 aliphatic heterocycles. The van der Waals surface area contributed by atoms with Crippen LogP contribution in [0.1, 0.15) is 17.3 Å². The quantitative estimate of drug-likeness (QED) is 0.777. The molecule has 1 aromatic rings. The van der Waals surface area contributed by atoms with Crippen molar-refractivity contribution in [2.24, 2.45) is 0 Å². The summed E-state index contributed by atoms with van der Waals surface area (Å²) >= 11 is 0. The molecule has 124 valence electrons. The van der Waals surface area contributed by atoms with Crippen molar-refractivity contribution >= 4 is 17.7 Å². The van der Waals surface area contributed by atoms with Gasteiger partial charge in [0, 0.05) is 0 Å². The first kappa shape index (κ1) is 15.8.